The Hall–Kier alpha value is -0.0800. The van der Waals surface area contributed by atoms with E-state index in [1.54, 1.807) is 0 Å². The average Bonchev–Trinajstić information content (AvgIpc) is 2.67. The number of hydrogen-bond acceptors (Lipinski definition) is 2. The molecule has 66 valence electrons. The molecule has 1 saturated heterocycles. The van der Waals surface area contributed by atoms with Gasteiger partial charge in [0.1, 0.15) is 12.3 Å². The summed E-state index contributed by atoms with van der Waals surface area (Å²) in [6.07, 6.45) is 1.97. The second-order valence-corrected chi connectivity index (χ2v) is 3.74. The Morgan fingerprint density at radius 3 is 2.36 bits per heavy atom. The van der Waals surface area contributed by atoms with Gasteiger partial charge in [-0.3, -0.25) is 5.32 Å². The topological polar surface area (TPSA) is 24.6 Å². The third-order valence-electron chi connectivity index (χ3n) is 2.24. The minimum Gasteiger partial charge on any atom is -0.353 e. The number of ether oxygens (including phenoxy) is 1. The second kappa shape index (κ2) is 3.55. The van der Waals surface area contributed by atoms with E-state index in [1.165, 1.54) is 6.42 Å². The van der Waals surface area contributed by atoms with Crippen LogP contribution in [0.15, 0.2) is 0 Å². The van der Waals surface area contributed by atoms with Gasteiger partial charge in [0.05, 0.1) is 0 Å². The number of rotatable bonds is 4. The molecule has 1 aliphatic rings. The Morgan fingerprint density at radius 2 is 2.00 bits per heavy atom. The zero-order valence-corrected chi connectivity index (χ0v) is 7.92. The molecule has 0 spiro atoms. The van der Waals surface area contributed by atoms with E-state index in [4.69, 9.17) is 4.74 Å². The summed E-state index contributed by atoms with van der Waals surface area (Å²) in [4.78, 5) is 0. The van der Waals surface area contributed by atoms with Gasteiger partial charge in [-0.1, -0.05) is 20.8 Å². The summed E-state index contributed by atoms with van der Waals surface area (Å²) in [6, 6.07) is 0.587. The van der Waals surface area contributed by atoms with Gasteiger partial charge in [-0.15, -0.1) is 0 Å². The Balaban J connectivity index is 2.13. The van der Waals surface area contributed by atoms with Crippen molar-refractivity contribution in [2.24, 2.45) is 5.92 Å². The van der Waals surface area contributed by atoms with Crippen molar-refractivity contribution in [1.82, 2.24) is 5.32 Å². The zero-order valence-electron chi connectivity index (χ0n) is 7.92. The minimum atomic E-state index is 0.338. The highest BCUT2D eigenvalue weighted by molar-refractivity contribution is 4.86. The van der Waals surface area contributed by atoms with Crippen molar-refractivity contribution in [1.29, 1.82) is 0 Å². The minimum absolute atomic E-state index is 0.338. The van der Waals surface area contributed by atoms with Crippen LogP contribution in [0, 0.1) is 5.92 Å². The Morgan fingerprint density at radius 1 is 1.36 bits per heavy atom. The molecule has 0 aliphatic carbocycles. The fraction of sp³-hybridized carbons (Fsp3) is 1.00. The van der Waals surface area contributed by atoms with Crippen molar-refractivity contribution >= 4 is 0 Å². The molecule has 0 radical (unpaired) electrons. The predicted molar refractivity (Wildman–Crippen MR) is 46.4 cm³/mol. The lowest BCUT2D eigenvalue weighted by atomic mass is 10.1. The average molecular weight is 157 g/mol. The van der Waals surface area contributed by atoms with E-state index in [2.05, 4.69) is 33.0 Å². The van der Waals surface area contributed by atoms with Crippen LogP contribution < -0.4 is 5.32 Å². The second-order valence-electron chi connectivity index (χ2n) is 3.74. The van der Waals surface area contributed by atoms with E-state index in [0.717, 1.165) is 0 Å². The maximum atomic E-state index is 5.44. The molecule has 2 unspecified atom stereocenters. The standard InChI is InChI=1S/C9H19NO/c1-5-7(4)10-9-8(11-9)6(2)3/h6-10H,5H2,1-4H3/t7-,8?,9?/m1/s1. The molecule has 1 aliphatic heterocycles. The van der Waals surface area contributed by atoms with Crippen LogP contribution in [0.3, 0.4) is 0 Å². The summed E-state index contributed by atoms with van der Waals surface area (Å²) < 4.78 is 5.44. The maximum Gasteiger partial charge on any atom is 0.135 e. The lowest BCUT2D eigenvalue weighted by Crippen LogP contribution is -2.30. The molecule has 1 heterocycles. The van der Waals surface area contributed by atoms with Gasteiger partial charge in [0.25, 0.3) is 0 Å². The molecule has 2 nitrogen and oxygen atoms in total. The SMILES string of the molecule is CC[C@@H](C)NC1OC1C(C)C. The first-order chi connectivity index (χ1) is 5.15. The van der Waals surface area contributed by atoms with Crippen LogP contribution in [-0.2, 0) is 4.74 Å². The fourth-order valence-electron chi connectivity index (χ4n) is 1.16. The summed E-state index contributed by atoms with van der Waals surface area (Å²) in [7, 11) is 0. The smallest absolute Gasteiger partial charge is 0.135 e. The lowest BCUT2D eigenvalue weighted by molar-refractivity contribution is 0.309. The van der Waals surface area contributed by atoms with Crippen LogP contribution in [0.1, 0.15) is 34.1 Å². The first kappa shape index (κ1) is 9.01. The third kappa shape index (κ3) is 2.46. The van der Waals surface area contributed by atoms with Crippen LogP contribution in [0.2, 0.25) is 0 Å². The van der Waals surface area contributed by atoms with Crippen molar-refractivity contribution in [2.75, 3.05) is 0 Å². The van der Waals surface area contributed by atoms with E-state index in [0.29, 0.717) is 24.3 Å². The van der Waals surface area contributed by atoms with Crippen molar-refractivity contribution < 1.29 is 4.74 Å². The molecule has 0 aromatic rings. The molecule has 3 atom stereocenters. The van der Waals surface area contributed by atoms with Crippen molar-refractivity contribution in [2.45, 2.75) is 52.5 Å². The Kier molecular flexibility index (Phi) is 2.90. The van der Waals surface area contributed by atoms with E-state index >= 15 is 0 Å². The monoisotopic (exact) mass is 157 g/mol. The maximum absolute atomic E-state index is 5.44. The molecule has 2 heteroatoms. The van der Waals surface area contributed by atoms with Crippen LogP contribution in [-0.4, -0.2) is 18.4 Å². The Labute approximate surface area is 69.3 Å². The highest BCUT2D eigenvalue weighted by Crippen LogP contribution is 2.27. The van der Waals surface area contributed by atoms with Gasteiger partial charge in [0.2, 0.25) is 0 Å². The van der Waals surface area contributed by atoms with Crippen LogP contribution in [0.25, 0.3) is 0 Å². The molecule has 1 fully saturated rings. The van der Waals surface area contributed by atoms with Gasteiger partial charge in [-0.2, -0.15) is 0 Å². The highest BCUT2D eigenvalue weighted by Gasteiger charge is 2.41. The molecule has 0 aromatic heterocycles. The van der Waals surface area contributed by atoms with Gasteiger partial charge < -0.3 is 4.74 Å². The van der Waals surface area contributed by atoms with E-state index in [1.807, 2.05) is 0 Å². The third-order valence-corrected chi connectivity index (χ3v) is 2.24. The zero-order chi connectivity index (χ0) is 8.43. The van der Waals surface area contributed by atoms with E-state index in [-0.39, 0.29) is 0 Å². The van der Waals surface area contributed by atoms with Gasteiger partial charge in [-0.25, -0.2) is 0 Å². The molecule has 0 bridgehead atoms. The Bertz CT molecular complexity index is 125. The van der Waals surface area contributed by atoms with Crippen LogP contribution >= 0.6 is 0 Å². The van der Waals surface area contributed by atoms with E-state index in [9.17, 15) is 0 Å². The van der Waals surface area contributed by atoms with Gasteiger partial charge in [0.15, 0.2) is 0 Å². The van der Waals surface area contributed by atoms with Gasteiger partial charge in [-0.05, 0) is 19.3 Å². The van der Waals surface area contributed by atoms with Crippen LogP contribution in [0.5, 0.6) is 0 Å². The van der Waals surface area contributed by atoms with Crippen molar-refractivity contribution in [3.63, 3.8) is 0 Å². The molecule has 1 N–H and O–H groups in total. The normalized spacial score (nSPS) is 32.5. The largest absolute Gasteiger partial charge is 0.353 e. The number of hydrogen-bond donors (Lipinski definition) is 1. The molecule has 1 rings (SSSR count). The highest BCUT2D eigenvalue weighted by atomic mass is 16.6. The summed E-state index contributed by atoms with van der Waals surface area (Å²) in [5, 5.41) is 3.41. The molecular formula is C9H19NO. The summed E-state index contributed by atoms with van der Waals surface area (Å²) in [5.41, 5.74) is 0. The fourth-order valence-corrected chi connectivity index (χ4v) is 1.16. The first-order valence-corrected chi connectivity index (χ1v) is 4.56. The van der Waals surface area contributed by atoms with Gasteiger partial charge in [0, 0.05) is 6.04 Å². The lowest BCUT2D eigenvalue weighted by Gasteiger charge is -2.08. The number of nitrogens with one attached hydrogen (secondary N) is 1. The predicted octanol–water partition coefficient (Wildman–Crippen LogP) is 1.76. The number of epoxide rings is 1. The molecule has 11 heavy (non-hydrogen) atoms. The molecule has 0 saturated carbocycles. The van der Waals surface area contributed by atoms with Gasteiger partial charge >= 0.3 is 0 Å². The summed E-state index contributed by atoms with van der Waals surface area (Å²) >= 11 is 0. The van der Waals surface area contributed by atoms with E-state index < -0.39 is 0 Å². The first-order valence-electron chi connectivity index (χ1n) is 4.56. The molecule has 0 aromatic carbocycles. The molecule has 0 amide bonds. The summed E-state index contributed by atoms with van der Waals surface area (Å²) in [5.74, 6) is 0.650. The van der Waals surface area contributed by atoms with Crippen LogP contribution in [0.4, 0.5) is 0 Å². The van der Waals surface area contributed by atoms with Crippen molar-refractivity contribution in [3.05, 3.63) is 0 Å². The summed E-state index contributed by atoms with van der Waals surface area (Å²) in [6.45, 7) is 8.77. The molecular weight excluding hydrogens is 138 g/mol. The quantitative estimate of drug-likeness (QED) is 0.629. The van der Waals surface area contributed by atoms with Crippen molar-refractivity contribution in [3.8, 4) is 0 Å².